The molecule has 0 radical (unpaired) electrons. The topological polar surface area (TPSA) is 49.3 Å². The number of amides is 1. The second-order valence-electron chi connectivity index (χ2n) is 5.48. The average Bonchev–Trinajstić information content (AvgIpc) is 2.77. The summed E-state index contributed by atoms with van der Waals surface area (Å²) in [5.41, 5.74) is 2.47. The number of aryl methyl sites for hydroxylation is 2. The van der Waals surface area contributed by atoms with Crippen LogP contribution in [0.3, 0.4) is 0 Å². The van der Waals surface area contributed by atoms with Crippen LogP contribution in [-0.4, -0.2) is 23.2 Å². The number of carbonyl (C=O) groups excluding carboxylic acids is 1. The number of carbonyl (C=O) groups is 1. The van der Waals surface area contributed by atoms with E-state index in [1.54, 1.807) is 0 Å². The van der Waals surface area contributed by atoms with Crippen molar-refractivity contribution < 1.29 is 9.90 Å². The number of rotatable bonds is 3. The molecule has 0 bridgehead atoms. The van der Waals surface area contributed by atoms with E-state index in [2.05, 4.69) is 5.32 Å². The molecule has 3 heteroatoms. The molecule has 1 amide bonds. The van der Waals surface area contributed by atoms with Gasteiger partial charge in [0.2, 0.25) is 0 Å². The lowest BCUT2D eigenvalue weighted by Gasteiger charge is -2.28. The van der Waals surface area contributed by atoms with Gasteiger partial charge in [-0.3, -0.25) is 4.79 Å². The Kier molecular flexibility index (Phi) is 3.71. The Hall–Kier alpha value is -1.35. The fourth-order valence-electron chi connectivity index (χ4n) is 2.79. The molecular formula is C15H21NO2. The molecule has 0 atom stereocenters. The van der Waals surface area contributed by atoms with Crippen molar-refractivity contribution in [3.63, 3.8) is 0 Å². The molecule has 2 N–H and O–H groups in total. The maximum absolute atomic E-state index is 12.2. The predicted molar refractivity (Wildman–Crippen MR) is 71.7 cm³/mol. The van der Waals surface area contributed by atoms with Crippen LogP contribution >= 0.6 is 0 Å². The monoisotopic (exact) mass is 247 g/mol. The van der Waals surface area contributed by atoms with Crippen LogP contribution in [0.15, 0.2) is 18.2 Å². The minimum atomic E-state index is -0.394. The van der Waals surface area contributed by atoms with Gasteiger partial charge in [-0.15, -0.1) is 0 Å². The van der Waals surface area contributed by atoms with Gasteiger partial charge < -0.3 is 10.4 Å². The van der Waals surface area contributed by atoms with Crippen LogP contribution in [0.1, 0.15) is 47.2 Å². The third-order valence-electron chi connectivity index (χ3n) is 3.73. The molecule has 1 aromatic rings. The molecule has 1 saturated carbocycles. The van der Waals surface area contributed by atoms with Gasteiger partial charge in [0.15, 0.2) is 0 Å². The molecule has 2 rings (SSSR count). The Bertz CT molecular complexity index is 428. The predicted octanol–water partition coefficient (Wildman–Crippen LogP) is 2.34. The molecule has 1 aliphatic rings. The van der Waals surface area contributed by atoms with Crippen molar-refractivity contribution in [1.82, 2.24) is 5.32 Å². The quantitative estimate of drug-likeness (QED) is 0.861. The SMILES string of the molecule is Cc1cc(C)cc(C(=O)NC2(CO)CCCC2)c1. The first kappa shape index (κ1) is 13.1. The van der Waals surface area contributed by atoms with Crippen molar-refractivity contribution in [2.45, 2.75) is 45.1 Å². The highest BCUT2D eigenvalue weighted by Gasteiger charge is 2.34. The van der Waals surface area contributed by atoms with Gasteiger partial charge in [0.1, 0.15) is 0 Å². The van der Waals surface area contributed by atoms with Gasteiger partial charge >= 0.3 is 0 Å². The van der Waals surface area contributed by atoms with Crippen molar-refractivity contribution >= 4 is 5.91 Å². The van der Waals surface area contributed by atoms with Gasteiger partial charge in [-0.25, -0.2) is 0 Å². The Labute approximate surface area is 108 Å². The summed E-state index contributed by atoms with van der Waals surface area (Å²) in [5.74, 6) is -0.0715. The first-order chi connectivity index (χ1) is 8.54. The first-order valence-corrected chi connectivity index (χ1v) is 6.56. The van der Waals surface area contributed by atoms with E-state index in [9.17, 15) is 9.90 Å². The van der Waals surface area contributed by atoms with Crippen molar-refractivity contribution in [1.29, 1.82) is 0 Å². The fourth-order valence-corrected chi connectivity index (χ4v) is 2.79. The van der Waals surface area contributed by atoms with E-state index in [-0.39, 0.29) is 12.5 Å². The minimum Gasteiger partial charge on any atom is -0.394 e. The third kappa shape index (κ3) is 2.72. The van der Waals surface area contributed by atoms with Crippen LogP contribution in [0, 0.1) is 13.8 Å². The molecular weight excluding hydrogens is 226 g/mol. The summed E-state index contributed by atoms with van der Waals surface area (Å²) in [6.07, 6.45) is 3.90. The maximum Gasteiger partial charge on any atom is 0.251 e. The van der Waals surface area contributed by atoms with Gasteiger partial charge in [0, 0.05) is 5.56 Å². The number of hydrogen-bond acceptors (Lipinski definition) is 2. The molecule has 1 aromatic carbocycles. The summed E-state index contributed by atoms with van der Waals surface area (Å²) in [6.45, 7) is 4.01. The molecule has 98 valence electrons. The molecule has 3 nitrogen and oxygen atoms in total. The molecule has 0 spiro atoms. The number of nitrogens with one attached hydrogen (secondary N) is 1. The van der Waals surface area contributed by atoms with Crippen molar-refractivity contribution in [3.8, 4) is 0 Å². The number of aliphatic hydroxyl groups is 1. The molecule has 18 heavy (non-hydrogen) atoms. The zero-order chi connectivity index (χ0) is 13.2. The fraction of sp³-hybridized carbons (Fsp3) is 0.533. The summed E-state index contributed by atoms with van der Waals surface area (Å²) in [4.78, 5) is 12.2. The zero-order valence-electron chi connectivity index (χ0n) is 11.1. The Morgan fingerprint density at radius 2 is 1.78 bits per heavy atom. The van der Waals surface area contributed by atoms with E-state index in [1.165, 1.54) is 0 Å². The number of hydrogen-bond donors (Lipinski definition) is 2. The normalized spacial score (nSPS) is 17.7. The van der Waals surface area contributed by atoms with Crippen LogP contribution < -0.4 is 5.32 Å². The van der Waals surface area contributed by atoms with E-state index in [1.807, 2.05) is 32.0 Å². The second-order valence-corrected chi connectivity index (χ2v) is 5.48. The Morgan fingerprint density at radius 3 is 2.28 bits per heavy atom. The molecule has 0 saturated heterocycles. The van der Waals surface area contributed by atoms with Crippen LogP contribution in [0.5, 0.6) is 0 Å². The van der Waals surface area contributed by atoms with E-state index >= 15 is 0 Å². The minimum absolute atomic E-state index is 0.0313. The smallest absolute Gasteiger partial charge is 0.251 e. The lowest BCUT2D eigenvalue weighted by molar-refractivity contribution is 0.0838. The van der Waals surface area contributed by atoms with Crippen LogP contribution in [0.2, 0.25) is 0 Å². The van der Waals surface area contributed by atoms with Crippen molar-refractivity contribution in [3.05, 3.63) is 34.9 Å². The summed E-state index contributed by atoms with van der Waals surface area (Å²) in [7, 11) is 0. The number of benzene rings is 1. The van der Waals surface area contributed by atoms with Gasteiger partial charge in [-0.05, 0) is 38.8 Å². The van der Waals surface area contributed by atoms with E-state index in [0.717, 1.165) is 36.8 Å². The van der Waals surface area contributed by atoms with Gasteiger partial charge in [0.25, 0.3) is 5.91 Å². The first-order valence-electron chi connectivity index (χ1n) is 6.56. The highest BCUT2D eigenvalue weighted by Crippen LogP contribution is 2.29. The second kappa shape index (κ2) is 5.11. The van der Waals surface area contributed by atoms with Crippen LogP contribution in [0.25, 0.3) is 0 Å². The highest BCUT2D eigenvalue weighted by molar-refractivity contribution is 5.95. The Morgan fingerprint density at radius 1 is 1.22 bits per heavy atom. The van der Waals surface area contributed by atoms with Crippen LogP contribution in [-0.2, 0) is 0 Å². The third-order valence-corrected chi connectivity index (χ3v) is 3.73. The van der Waals surface area contributed by atoms with E-state index in [0.29, 0.717) is 5.56 Å². The van der Waals surface area contributed by atoms with E-state index in [4.69, 9.17) is 0 Å². The summed E-state index contributed by atoms with van der Waals surface area (Å²) >= 11 is 0. The number of aliphatic hydroxyl groups excluding tert-OH is 1. The van der Waals surface area contributed by atoms with Crippen molar-refractivity contribution in [2.24, 2.45) is 0 Å². The summed E-state index contributed by atoms with van der Waals surface area (Å²) in [6, 6.07) is 5.83. The Balaban J connectivity index is 2.16. The standard InChI is InChI=1S/C15H21NO2/c1-11-7-12(2)9-13(8-11)14(18)16-15(10-17)5-3-4-6-15/h7-9,17H,3-6,10H2,1-2H3,(H,16,18). The molecule has 0 unspecified atom stereocenters. The van der Waals surface area contributed by atoms with Gasteiger partial charge in [-0.2, -0.15) is 0 Å². The van der Waals surface area contributed by atoms with Gasteiger partial charge in [-0.1, -0.05) is 30.0 Å². The maximum atomic E-state index is 12.2. The van der Waals surface area contributed by atoms with Crippen LogP contribution in [0.4, 0.5) is 0 Å². The summed E-state index contributed by atoms with van der Waals surface area (Å²) < 4.78 is 0. The molecule has 1 aliphatic carbocycles. The lowest BCUT2D eigenvalue weighted by atomic mass is 9.97. The van der Waals surface area contributed by atoms with Gasteiger partial charge in [0.05, 0.1) is 12.1 Å². The average molecular weight is 247 g/mol. The molecule has 0 heterocycles. The molecule has 0 aliphatic heterocycles. The summed E-state index contributed by atoms with van der Waals surface area (Å²) in [5, 5.41) is 12.5. The largest absolute Gasteiger partial charge is 0.394 e. The lowest BCUT2D eigenvalue weighted by Crippen LogP contribution is -2.49. The molecule has 1 fully saturated rings. The van der Waals surface area contributed by atoms with Crippen molar-refractivity contribution in [2.75, 3.05) is 6.61 Å². The van der Waals surface area contributed by atoms with E-state index < -0.39 is 5.54 Å². The zero-order valence-corrected chi connectivity index (χ0v) is 11.1. The highest BCUT2D eigenvalue weighted by atomic mass is 16.3. The molecule has 0 aromatic heterocycles.